The lowest BCUT2D eigenvalue weighted by Crippen LogP contribution is -2.40. The number of aliphatic imine (C=N–C) groups is 1. The Hall–Kier alpha value is -3.50. The number of sulfonamides is 1. The van der Waals surface area contributed by atoms with Gasteiger partial charge in [0.1, 0.15) is 16.3 Å². The molecule has 0 aliphatic carbocycles. The van der Waals surface area contributed by atoms with Crippen LogP contribution in [0.15, 0.2) is 88.9 Å². The zero-order valence-electron chi connectivity index (χ0n) is 20.1. The van der Waals surface area contributed by atoms with Gasteiger partial charge < -0.3 is 9.47 Å². The SMILES string of the molecule is COc1ccc(-c2nn(-c3ccccc3)cc2C=Nc2ccc(Cl)c(S(=O)(=O)N3CCOCC3)c2)cc1. The van der Waals surface area contributed by atoms with Crippen molar-refractivity contribution in [2.45, 2.75) is 4.90 Å². The second-order valence-corrected chi connectivity index (χ2v) is 10.6. The lowest BCUT2D eigenvalue weighted by atomic mass is 10.1. The van der Waals surface area contributed by atoms with E-state index in [9.17, 15) is 8.42 Å². The lowest BCUT2D eigenvalue weighted by molar-refractivity contribution is 0.0730. The van der Waals surface area contributed by atoms with Gasteiger partial charge in [0.25, 0.3) is 0 Å². The van der Waals surface area contributed by atoms with E-state index < -0.39 is 10.0 Å². The average molecular weight is 537 g/mol. The van der Waals surface area contributed by atoms with Gasteiger partial charge in [0.05, 0.1) is 36.7 Å². The van der Waals surface area contributed by atoms with Gasteiger partial charge in [-0.3, -0.25) is 4.99 Å². The number of hydrogen-bond donors (Lipinski definition) is 0. The van der Waals surface area contributed by atoms with E-state index in [4.69, 9.17) is 26.2 Å². The maximum atomic E-state index is 13.2. The summed E-state index contributed by atoms with van der Waals surface area (Å²) in [4.78, 5) is 4.62. The Morgan fingerprint density at radius 2 is 1.76 bits per heavy atom. The van der Waals surface area contributed by atoms with E-state index in [-0.39, 0.29) is 23.0 Å². The van der Waals surface area contributed by atoms with Crippen LogP contribution < -0.4 is 4.74 Å². The fourth-order valence-electron chi connectivity index (χ4n) is 4.01. The van der Waals surface area contributed by atoms with Crippen LogP contribution in [0, 0.1) is 0 Å². The van der Waals surface area contributed by atoms with Gasteiger partial charge in [-0.05, 0) is 54.6 Å². The van der Waals surface area contributed by atoms with Gasteiger partial charge in [-0.2, -0.15) is 9.40 Å². The maximum absolute atomic E-state index is 13.2. The van der Waals surface area contributed by atoms with Crippen LogP contribution in [0.1, 0.15) is 5.56 Å². The van der Waals surface area contributed by atoms with Crippen LogP contribution in [0.4, 0.5) is 5.69 Å². The fraction of sp³-hybridized carbons (Fsp3) is 0.185. The molecule has 0 N–H and O–H groups in total. The molecule has 8 nitrogen and oxygen atoms in total. The van der Waals surface area contributed by atoms with Crippen molar-refractivity contribution in [3.8, 4) is 22.7 Å². The molecule has 37 heavy (non-hydrogen) atoms. The summed E-state index contributed by atoms with van der Waals surface area (Å²) >= 11 is 6.31. The van der Waals surface area contributed by atoms with Crippen LogP contribution in [0.25, 0.3) is 16.9 Å². The molecule has 190 valence electrons. The molecule has 0 radical (unpaired) electrons. The Labute approximate surface area is 220 Å². The molecule has 0 saturated carbocycles. The van der Waals surface area contributed by atoms with E-state index in [1.54, 1.807) is 30.1 Å². The summed E-state index contributed by atoms with van der Waals surface area (Å²) in [6.45, 7) is 1.29. The molecule has 10 heteroatoms. The maximum Gasteiger partial charge on any atom is 0.244 e. The average Bonchev–Trinajstić information content (AvgIpc) is 3.38. The number of ether oxygens (including phenoxy) is 2. The second-order valence-electron chi connectivity index (χ2n) is 8.33. The van der Waals surface area contributed by atoms with Gasteiger partial charge in [0.2, 0.25) is 10.0 Å². The van der Waals surface area contributed by atoms with E-state index in [0.717, 1.165) is 28.3 Å². The predicted molar refractivity (Wildman–Crippen MR) is 144 cm³/mol. The minimum atomic E-state index is -3.77. The van der Waals surface area contributed by atoms with Crippen molar-refractivity contribution in [1.29, 1.82) is 0 Å². The number of halogens is 1. The van der Waals surface area contributed by atoms with Crippen LogP contribution in [0.3, 0.4) is 0 Å². The molecule has 1 aliphatic rings. The van der Waals surface area contributed by atoms with Gasteiger partial charge in [0, 0.05) is 36.6 Å². The zero-order valence-corrected chi connectivity index (χ0v) is 21.7. The number of benzene rings is 3. The van der Waals surface area contributed by atoms with Crippen molar-refractivity contribution >= 4 is 33.5 Å². The summed E-state index contributed by atoms with van der Waals surface area (Å²) in [5, 5.41) is 4.95. The summed E-state index contributed by atoms with van der Waals surface area (Å²) in [6, 6.07) is 22.1. The van der Waals surface area contributed by atoms with Crippen molar-refractivity contribution in [2.24, 2.45) is 4.99 Å². The molecular weight excluding hydrogens is 512 g/mol. The highest BCUT2D eigenvalue weighted by atomic mass is 35.5. The fourth-order valence-corrected chi connectivity index (χ4v) is 5.91. The number of aromatic nitrogens is 2. The number of para-hydroxylation sites is 1. The van der Waals surface area contributed by atoms with Gasteiger partial charge in [-0.1, -0.05) is 29.8 Å². The molecule has 1 aromatic heterocycles. The molecule has 1 aliphatic heterocycles. The van der Waals surface area contributed by atoms with Crippen molar-refractivity contribution in [3.63, 3.8) is 0 Å². The van der Waals surface area contributed by atoms with Crippen molar-refractivity contribution in [3.05, 3.63) is 89.6 Å². The number of morpholine rings is 1. The summed E-state index contributed by atoms with van der Waals surface area (Å²) in [5.41, 5.74) is 3.75. The Kier molecular flexibility index (Phi) is 7.38. The van der Waals surface area contributed by atoms with Gasteiger partial charge >= 0.3 is 0 Å². The summed E-state index contributed by atoms with van der Waals surface area (Å²) in [5.74, 6) is 0.747. The van der Waals surface area contributed by atoms with E-state index in [1.165, 1.54) is 10.4 Å². The summed E-state index contributed by atoms with van der Waals surface area (Å²) in [7, 11) is -2.15. The highest BCUT2D eigenvalue weighted by Gasteiger charge is 2.28. The van der Waals surface area contributed by atoms with Crippen molar-refractivity contribution in [1.82, 2.24) is 14.1 Å². The summed E-state index contributed by atoms with van der Waals surface area (Å²) in [6.07, 6.45) is 3.57. The van der Waals surface area contributed by atoms with Crippen LogP contribution in [0.2, 0.25) is 5.02 Å². The molecule has 0 unspecified atom stereocenters. The minimum Gasteiger partial charge on any atom is -0.497 e. The van der Waals surface area contributed by atoms with E-state index in [2.05, 4.69) is 4.99 Å². The Bertz CT molecular complexity index is 1510. The highest BCUT2D eigenvalue weighted by molar-refractivity contribution is 7.89. The molecule has 0 amide bonds. The first-order valence-corrected chi connectivity index (χ1v) is 13.5. The van der Waals surface area contributed by atoms with Crippen LogP contribution in [0.5, 0.6) is 5.75 Å². The molecule has 3 aromatic carbocycles. The summed E-state index contributed by atoms with van der Waals surface area (Å²) < 4.78 is 40.1. The number of nitrogens with zero attached hydrogens (tertiary/aromatic N) is 4. The first-order chi connectivity index (χ1) is 18.0. The molecule has 0 bridgehead atoms. The first kappa shape index (κ1) is 25.2. The normalized spacial score (nSPS) is 14.8. The van der Waals surface area contributed by atoms with Crippen molar-refractivity contribution in [2.75, 3.05) is 33.4 Å². The molecule has 2 heterocycles. The largest absolute Gasteiger partial charge is 0.497 e. The van der Waals surface area contributed by atoms with Crippen LogP contribution >= 0.6 is 11.6 Å². The molecule has 4 aromatic rings. The third kappa shape index (κ3) is 5.45. The van der Waals surface area contributed by atoms with Crippen LogP contribution in [-0.2, 0) is 14.8 Å². The smallest absolute Gasteiger partial charge is 0.244 e. The lowest BCUT2D eigenvalue weighted by Gasteiger charge is -2.26. The molecule has 0 atom stereocenters. The third-order valence-corrected chi connectivity index (χ3v) is 8.36. The predicted octanol–water partition coefficient (Wildman–Crippen LogP) is 4.97. The van der Waals surface area contributed by atoms with Gasteiger partial charge in [-0.25, -0.2) is 13.1 Å². The minimum absolute atomic E-state index is 0.0288. The van der Waals surface area contributed by atoms with Crippen molar-refractivity contribution < 1.29 is 17.9 Å². The standard InChI is InChI=1S/C27H25ClN4O4S/c1-35-24-10-7-20(8-11-24)27-21(19-32(30-27)23-5-3-2-4-6-23)18-29-22-9-12-25(28)26(17-22)37(33,34)31-13-15-36-16-14-31/h2-12,17-19H,13-16H2,1H3. The topological polar surface area (TPSA) is 86.0 Å². The third-order valence-electron chi connectivity index (χ3n) is 5.98. The number of hydrogen-bond acceptors (Lipinski definition) is 6. The Morgan fingerprint density at radius 1 is 1.03 bits per heavy atom. The molecule has 1 fully saturated rings. The quantitative estimate of drug-likeness (QED) is 0.311. The second kappa shape index (κ2) is 10.9. The van der Waals surface area contributed by atoms with Gasteiger partial charge in [-0.15, -0.1) is 0 Å². The molecular formula is C27H25ClN4O4S. The van der Waals surface area contributed by atoms with E-state index in [1.807, 2.05) is 60.8 Å². The Balaban J connectivity index is 1.51. The number of methoxy groups -OCH3 is 1. The molecule has 0 spiro atoms. The Morgan fingerprint density at radius 3 is 2.46 bits per heavy atom. The first-order valence-electron chi connectivity index (χ1n) is 11.7. The molecule has 1 saturated heterocycles. The highest BCUT2D eigenvalue weighted by Crippen LogP contribution is 2.30. The number of rotatable bonds is 7. The zero-order chi connectivity index (χ0) is 25.8. The monoisotopic (exact) mass is 536 g/mol. The van der Waals surface area contributed by atoms with E-state index >= 15 is 0 Å². The van der Waals surface area contributed by atoms with Gasteiger partial charge in [0.15, 0.2) is 0 Å². The van der Waals surface area contributed by atoms with E-state index in [0.29, 0.717) is 18.9 Å². The molecule has 5 rings (SSSR count). The van der Waals surface area contributed by atoms with Crippen LogP contribution in [-0.4, -0.2) is 62.1 Å².